The highest BCUT2D eigenvalue weighted by Gasteiger charge is 2.41. The van der Waals surface area contributed by atoms with Crippen molar-refractivity contribution in [3.8, 4) is 5.75 Å². The van der Waals surface area contributed by atoms with Crippen molar-refractivity contribution in [1.82, 2.24) is 5.32 Å². The summed E-state index contributed by atoms with van der Waals surface area (Å²) >= 11 is 1.70. The molecule has 1 aromatic rings. The lowest BCUT2D eigenvalue weighted by atomic mass is 9.92. The Kier molecular flexibility index (Phi) is 6.73. The summed E-state index contributed by atoms with van der Waals surface area (Å²) in [4.78, 5) is 23.4. The lowest BCUT2D eigenvalue weighted by Gasteiger charge is -2.33. The first-order chi connectivity index (χ1) is 11.1. The molecule has 1 saturated heterocycles. The Balaban J connectivity index is 1.67. The van der Waals surface area contributed by atoms with Crippen LogP contribution in [0.25, 0.3) is 0 Å². The van der Waals surface area contributed by atoms with Gasteiger partial charge >= 0.3 is 5.97 Å². The van der Waals surface area contributed by atoms with Crippen molar-refractivity contribution in [1.29, 1.82) is 0 Å². The number of ether oxygens (including phenoxy) is 2. The highest BCUT2D eigenvalue weighted by molar-refractivity contribution is 7.99. The number of aliphatic carboxylic acids is 1. The van der Waals surface area contributed by atoms with E-state index in [0.29, 0.717) is 19.4 Å². The van der Waals surface area contributed by atoms with Crippen molar-refractivity contribution in [3.63, 3.8) is 0 Å². The minimum Gasteiger partial charge on any atom is -0.491 e. The van der Waals surface area contributed by atoms with Crippen molar-refractivity contribution in [2.24, 2.45) is 0 Å². The predicted molar refractivity (Wildman–Crippen MR) is 87.8 cm³/mol. The fourth-order valence-corrected chi connectivity index (χ4v) is 3.50. The van der Waals surface area contributed by atoms with E-state index < -0.39 is 17.4 Å². The van der Waals surface area contributed by atoms with Gasteiger partial charge in [0.15, 0.2) is 0 Å². The van der Waals surface area contributed by atoms with Crippen LogP contribution in [0.5, 0.6) is 5.75 Å². The second kappa shape index (κ2) is 8.79. The molecule has 2 rings (SSSR count). The maximum atomic E-state index is 11.9. The van der Waals surface area contributed by atoms with Gasteiger partial charge in [-0.2, -0.15) is 11.8 Å². The van der Waals surface area contributed by atoms with E-state index in [-0.39, 0.29) is 13.2 Å². The highest BCUT2D eigenvalue weighted by Crippen LogP contribution is 2.27. The number of hydrogen-bond donors (Lipinski definition) is 2. The van der Waals surface area contributed by atoms with Crippen molar-refractivity contribution in [3.05, 3.63) is 30.3 Å². The Morgan fingerprint density at radius 2 is 1.87 bits per heavy atom. The summed E-state index contributed by atoms with van der Waals surface area (Å²) < 4.78 is 10.7. The number of carbonyl (C=O) groups is 2. The highest BCUT2D eigenvalue weighted by atomic mass is 32.2. The molecule has 0 aliphatic carbocycles. The molecule has 1 amide bonds. The van der Waals surface area contributed by atoms with Gasteiger partial charge in [0.25, 0.3) is 0 Å². The molecule has 1 aromatic carbocycles. The fraction of sp³-hybridized carbons (Fsp3) is 0.500. The van der Waals surface area contributed by atoms with Crippen LogP contribution in [0, 0.1) is 0 Å². The largest absolute Gasteiger partial charge is 0.491 e. The summed E-state index contributed by atoms with van der Waals surface area (Å²) in [5.41, 5.74) is -1.15. The zero-order chi connectivity index (χ0) is 16.5. The molecule has 0 unspecified atom stereocenters. The van der Waals surface area contributed by atoms with Crippen LogP contribution < -0.4 is 10.1 Å². The standard InChI is InChI=1S/C16H21NO5S/c18-14(17-16(15(19)20)6-10-23-11-7-16)12-21-8-9-22-13-4-2-1-3-5-13/h1-5H,6-12H2,(H,17,18)(H,19,20). The molecule has 126 valence electrons. The Hall–Kier alpha value is -1.73. The first-order valence-corrected chi connectivity index (χ1v) is 8.66. The van der Waals surface area contributed by atoms with Crippen LogP contribution >= 0.6 is 11.8 Å². The molecule has 0 spiro atoms. The summed E-state index contributed by atoms with van der Waals surface area (Å²) in [7, 11) is 0. The maximum absolute atomic E-state index is 11.9. The molecule has 6 nitrogen and oxygen atoms in total. The molecule has 0 aromatic heterocycles. The van der Waals surface area contributed by atoms with Gasteiger partial charge in [0.05, 0.1) is 6.61 Å². The first-order valence-electron chi connectivity index (χ1n) is 7.50. The first kappa shape index (κ1) is 17.6. The van der Waals surface area contributed by atoms with E-state index in [1.54, 1.807) is 11.8 Å². The molecule has 7 heteroatoms. The molecule has 0 saturated carbocycles. The number of carbonyl (C=O) groups excluding carboxylic acids is 1. The minimum absolute atomic E-state index is 0.166. The molecule has 1 heterocycles. The summed E-state index contributed by atoms with van der Waals surface area (Å²) in [5, 5.41) is 12.0. The van der Waals surface area contributed by atoms with E-state index in [1.165, 1.54) is 0 Å². The minimum atomic E-state index is -1.15. The normalized spacial score (nSPS) is 16.5. The lowest BCUT2D eigenvalue weighted by Crippen LogP contribution is -2.57. The van der Waals surface area contributed by atoms with E-state index >= 15 is 0 Å². The van der Waals surface area contributed by atoms with Gasteiger partial charge in [-0.3, -0.25) is 4.79 Å². The van der Waals surface area contributed by atoms with Gasteiger partial charge in [-0.1, -0.05) is 18.2 Å². The SMILES string of the molecule is O=C(COCCOc1ccccc1)NC1(C(=O)O)CCSCC1. The molecule has 23 heavy (non-hydrogen) atoms. The Morgan fingerprint density at radius 3 is 2.52 bits per heavy atom. The molecule has 2 N–H and O–H groups in total. The van der Waals surface area contributed by atoms with Crippen molar-refractivity contribution in [2.45, 2.75) is 18.4 Å². The van der Waals surface area contributed by atoms with Crippen LogP contribution in [0.1, 0.15) is 12.8 Å². The summed E-state index contributed by atoms with van der Waals surface area (Å²) in [5.74, 6) is 0.833. The molecular weight excluding hydrogens is 318 g/mol. The number of carboxylic acids is 1. The predicted octanol–water partition coefficient (Wildman–Crippen LogP) is 1.55. The molecular formula is C16H21NO5S. The smallest absolute Gasteiger partial charge is 0.329 e. The number of amides is 1. The monoisotopic (exact) mass is 339 g/mol. The van der Waals surface area contributed by atoms with E-state index in [2.05, 4.69) is 5.32 Å². The third-order valence-electron chi connectivity index (χ3n) is 3.61. The van der Waals surface area contributed by atoms with Gasteiger partial charge in [-0.25, -0.2) is 4.79 Å². The number of benzene rings is 1. The van der Waals surface area contributed by atoms with Crippen molar-refractivity contribution < 1.29 is 24.2 Å². The number of para-hydroxylation sites is 1. The number of carboxylic acid groups (broad SMARTS) is 1. The zero-order valence-electron chi connectivity index (χ0n) is 12.8. The Bertz CT molecular complexity index is 516. The van der Waals surface area contributed by atoms with E-state index in [9.17, 15) is 14.7 Å². The molecule has 0 atom stereocenters. The number of nitrogens with one attached hydrogen (secondary N) is 1. The summed E-state index contributed by atoms with van der Waals surface area (Å²) in [6.07, 6.45) is 0.881. The van der Waals surface area contributed by atoms with Gasteiger partial charge in [0, 0.05) is 0 Å². The zero-order valence-corrected chi connectivity index (χ0v) is 13.6. The molecule has 0 bridgehead atoms. The van der Waals surface area contributed by atoms with Crippen LogP contribution in [0.3, 0.4) is 0 Å². The molecule has 1 aliphatic rings. The number of hydrogen-bond acceptors (Lipinski definition) is 5. The van der Waals surface area contributed by atoms with Gasteiger partial charge in [0.1, 0.15) is 24.5 Å². The van der Waals surface area contributed by atoms with Crippen molar-refractivity contribution >= 4 is 23.6 Å². The van der Waals surface area contributed by atoms with Crippen LogP contribution in [0.2, 0.25) is 0 Å². The summed E-state index contributed by atoms with van der Waals surface area (Å²) in [6.45, 7) is 0.427. The van der Waals surface area contributed by atoms with Crippen LogP contribution in [0.15, 0.2) is 30.3 Å². The van der Waals surface area contributed by atoms with Crippen LogP contribution in [-0.2, 0) is 14.3 Å². The molecule has 1 fully saturated rings. The van der Waals surface area contributed by atoms with Gasteiger partial charge in [-0.15, -0.1) is 0 Å². The maximum Gasteiger partial charge on any atom is 0.329 e. The molecule has 1 aliphatic heterocycles. The number of thioether (sulfide) groups is 1. The van der Waals surface area contributed by atoms with E-state index in [1.807, 2.05) is 30.3 Å². The van der Waals surface area contributed by atoms with E-state index in [0.717, 1.165) is 17.3 Å². The average molecular weight is 339 g/mol. The Labute approximate surface area is 139 Å². The topological polar surface area (TPSA) is 84.9 Å². The molecule has 0 radical (unpaired) electrons. The number of rotatable bonds is 8. The lowest BCUT2D eigenvalue weighted by molar-refractivity contribution is -0.148. The van der Waals surface area contributed by atoms with Gasteiger partial charge < -0.3 is 19.9 Å². The summed E-state index contributed by atoms with van der Waals surface area (Å²) in [6, 6.07) is 9.32. The van der Waals surface area contributed by atoms with Crippen molar-refractivity contribution in [2.75, 3.05) is 31.3 Å². The third-order valence-corrected chi connectivity index (χ3v) is 4.59. The van der Waals surface area contributed by atoms with Gasteiger partial charge in [-0.05, 0) is 36.5 Å². The average Bonchev–Trinajstić information content (AvgIpc) is 2.56. The second-order valence-electron chi connectivity index (χ2n) is 5.26. The van der Waals surface area contributed by atoms with Gasteiger partial charge in [0.2, 0.25) is 5.91 Å². The van der Waals surface area contributed by atoms with E-state index in [4.69, 9.17) is 9.47 Å². The van der Waals surface area contributed by atoms with Crippen LogP contribution in [-0.4, -0.2) is 53.8 Å². The fourth-order valence-electron chi connectivity index (χ4n) is 2.32. The Morgan fingerprint density at radius 1 is 1.17 bits per heavy atom. The third kappa shape index (κ3) is 5.44. The second-order valence-corrected chi connectivity index (χ2v) is 6.49. The quantitative estimate of drug-likeness (QED) is 0.699. The van der Waals surface area contributed by atoms with Crippen LogP contribution in [0.4, 0.5) is 0 Å².